The number of fused-ring (bicyclic) bond motifs is 1. The normalized spacial score (nSPS) is 28.4. The van der Waals surface area contributed by atoms with Crippen LogP contribution in [0.2, 0.25) is 0 Å². The lowest BCUT2D eigenvalue weighted by Crippen LogP contribution is -2.61. The van der Waals surface area contributed by atoms with Gasteiger partial charge in [0.15, 0.2) is 0 Å². The van der Waals surface area contributed by atoms with Gasteiger partial charge < -0.3 is 26.6 Å². The molecule has 37 heavy (non-hydrogen) atoms. The molecule has 0 bridgehead atoms. The van der Waals surface area contributed by atoms with Crippen molar-refractivity contribution >= 4 is 41.1 Å². The van der Waals surface area contributed by atoms with Gasteiger partial charge in [-0.05, 0) is 53.5 Å². The van der Waals surface area contributed by atoms with Gasteiger partial charge in [0.05, 0.1) is 0 Å². The Kier molecular flexibility index (Phi) is 7.85. The van der Waals surface area contributed by atoms with Crippen LogP contribution in [-0.4, -0.2) is 71.0 Å². The average Bonchev–Trinajstić information content (AvgIpc) is 3.09. The SMILES string of the molecule is CC(C)(C)[C@H](NC(=O)C(F)(F)Cl)C(=O)N1C[C@H]2[C@@H]([C@H]1C(=O)N[C@@H](C[C@@H]1CCCNC1=O)C(N)=O)C2(C)C. The van der Waals surface area contributed by atoms with Crippen LogP contribution in [0.4, 0.5) is 8.78 Å². The molecular weight excluding hydrogens is 512 g/mol. The van der Waals surface area contributed by atoms with E-state index in [1.54, 1.807) is 20.8 Å². The van der Waals surface area contributed by atoms with E-state index >= 15 is 0 Å². The first-order valence-electron chi connectivity index (χ1n) is 12.4. The number of likely N-dealkylation sites (tertiary alicyclic amines) is 1. The maximum absolute atomic E-state index is 13.6. The van der Waals surface area contributed by atoms with Crippen molar-refractivity contribution in [1.29, 1.82) is 0 Å². The lowest BCUT2D eigenvalue weighted by Gasteiger charge is -2.38. The van der Waals surface area contributed by atoms with Crippen molar-refractivity contribution in [2.45, 2.75) is 77.4 Å². The summed E-state index contributed by atoms with van der Waals surface area (Å²) in [6, 6.07) is -3.53. The molecule has 0 spiro atoms. The van der Waals surface area contributed by atoms with Crippen LogP contribution in [0.15, 0.2) is 0 Å². The Morgan fingerprint density at radius 2 is 1.84 bits per heavy atom. The highest BCUT2D eigenvalue weighted by atomic mass is 35.5. The number of hydrogen-bond donors (Lipinski definition) is 4. The summed E-state index contributed by atoms with van der Waals surface area (Å²) in [6.45, 7) is 9.42. The van der Waals surface area contributed by atoms with Crippen molar-refractivity contribution < 1.29 is 32.8 Å². The molecule has 2 saturated heterocycles. The molecule has 6 atom stereocenters. The van der Waals surface area contributed by atoms with Crippen molar-refractivity contribution in [2.75, 3.05) is 13.1 Å². The van der Waals surface area contributed by atoms with Crippen molar-refractivity contribution in [3.05, 3.63) is 0 Å². The maximum Gasteiger partial charge on any atom is 0.399 e. The van der Waals surface area contributed by atoms with E-state index in [2.05, 4.69) is 10.6 Å². The van der Waals surface area contributed by atoms with E-state index in [-0.39, 0.29) is 36.1 Å². The molecule has 10 nitrogen and oxygen atoms in total. The Balaban J connectivity index is 1.83. The molecule has 2 aliphatic heterocycles. The van der Waals surface area contributed by atoms with E-state index in [1.807, 2.05) is 19.2 Å². The van der Waals surface area contributed by atoms with Crippen LogP contribution in [-0.2, 0) is 24.0 Å². The molecule has 13 heteroatoms. The van der Waals surface area contributed by atoms with Gasteiger partial charge in [0.25, 0.3) is 0 Å². The smallest absolute Gasteiger partial charge is 0.368 e. The highest BCUT2D eigenvalue weighted by Crippen LogP contribution is 2.65. The van der Waals surface area contributed by atoms with Gasteiger partial charge in [0.2, 0.25) is 23.6 Å². The minimum atomic E-state index is -4.21. The molecule has 3 fully saturated rings. The number of alkyl halides is 3. The minimum Gasteiger partial charge on any atom is -0.368 e. The standard InChI is InChI=1S/C24H36ClF2N5O5/c1-22(2,3)16(31-21(37)24(25,26)27)20(36)32-10-12-14(23(12,4)5)15(32)19(35)30-13(17(28)33)9-11-7-6-8-29-18(11)34/h11-16H,6-10H2,1-5H3,(H2,28,33)(H,29,34)(H,30,35)(H,31,37)/t11-,12-,13-,14-,15-,16+/m0/s1. The van der Waals surface area contributed by atoms with Crippen LogP contribution in [0.3, 0.4) is 0 Å². The number of rotatable bonds is 8. The number of primary amides is 1. The third-order valence-corrected chi connectivity index (χ3v) is 8.16. The molecule has 1 aliphatic carbocycles. The zero-order valence-electron chi connectivity index (χ0n) is 21.7. The number of carbonyl (C=O) groups excluding carboxylic acids is 5. The summed E-state index contributed by atoms with van der Waals surface area (Å²) in [6.07, 6.45) is 1.31. The zero-order chi connectivity index (χ0) is 28.1. The number of halogens is 3. The second-order valence-electron chi connectivity index (χ2n) is 12.0. The summed E-state index contributed by atoms with van der Waals surface area (Å²) in [5.74, 6) is -4.92. The van der Waals surface area contributed by atoms with Crippen molar-refractivity contribution in [3.8, 4) is 0 Å². The molecule has 0 aromatic carbocycles. The summed E-state index contributed by atoms with van der Waals surface area (Å²) in [7, 11) is 0. The Labute approximate surface area is 219 Å². The molecule has 5 N–H and O–H groups in total. The number of carbonyl (C=O) groups is 5. The molecule has 0 unspecified atom stereocenters. The highest BCUT2D eigenvalue weighted by Gasteiger charge is 2.70. The van der Waals surface area contributed by atoms with Crippen molar-refractivity contribution in [3.63, 3.8) is 0 Å². The van der Waals surface area contributed by atoms with E-state index in [1.165, 1.54) is 4.90 Å². The molecule has 3 rings (SSSR count). The number of amides is 5. The lowest BCUT2D eigenvalue weighted by atomic mass is 9.85. The Hall–Kier alpha value is -2.50. The van der Waals surface area contributed by atoms with Gasteiger partial charge >= 0.3 is 11.3 Å². The minimum absolute atomic E-state index is 0.0243. The van der Waals surface area contributed by atoms with Gasteiger partial charge in [-0.1, -0.05) is 34.6 Å². The van der Waals surface area contributed by atoms with Crippen LogP contribution in [0.25, 0.3) is 0 Å². The van der Waals surface area contributed by atoms with Gasteiger partial charge in [-0.25, -0.2) is 0 Å². The summed E-state index contributed by atoms with van der Waals surface area (Å²) >= 11 is 4.86. The lowest BCUT2D eigenvalue weighted by molar-refractivity contribution is -0.148. The van der Waals surface area contributed by atoms with Crippen LogP contribution >= 0.6 is 11.6 Å². The van der Waals surface area contributed by atoms with E-state index in [0.29, 0.717) is 13.0 Å². The third kappa shape index (κ3) is 5.99. The first-order chi connectivity index (χ1) is 16.9. The second kappa shape index (κ2) is 9.99. The molecule has 208 valence electrons. The summed E-state index contributed by atoms with van der Waals surface area (Å²) < 4.78 is 26.8. The quantitative estimate of drug-likeness (QED) is 0.330. The van der Waals surface area contributed by atoms with Crippen molar-refractivity contribution in [1.82, 2.24) is 20.9 Å². The molecule has 2 heterocycles. The maximum atomic E-state index is 13.6. The molecule has 0 aromatic rings. The van der Waals surface area contributed by atoms with Gasteiger partial charge in [0.1, 0.15) is 18.1 Å². The van der Waals surface area contributed by atoms with Crippen LogP contribution in [0.1, 0.15) is 53.9 Å². The number of nitrogens with two attached hydrogens (primary N) is 1. The zero-order valence-corrected chi connectivity index (χ0v) is 22.5. The van der Waals surface area contributed by atoms with Gasteiger partial charge in [-0.2, -0.15) is 8.78 Å². The van der Waals surface area contributed by atoms with E-state index in [0.717, 1.165) is 6.42 Å². The Bertz CT molecular complexity index is 980. The molecule has 1 saturated carbocycles. The first-order valence-corrected chi connectivity index (χ1v) is 12.8. The monoisotopic (exact) mass is 547 g/mol. The summed E-state index contributed by atoms with van der Waals surface area (Å²) in [5, 5.41) is 3.19. The fourth-order valence-electron chi connectivity index (χ4n) is 5.69. The summed E-state index contributed by atoms with van der Waals surface area (Å²) in [4.78, 5) is 64.7. The Morgan fingerprint density at radius 1 is 1.22 bits per heavy atom. The number of nitrogens with zero attached hydrogens (tertiary/aromatic N) is 1. The van der Waals surface area contributed by atoms with Gasteiger partial charge in [0, 0.05) is 19.0 Å². The van der Waals surface area contributed by atoms with Crippen molar-refractivity contribution in [2.24, 2.45) is 34.3 Å². The number of piperidine rings is 2. The fraction of sp³-hybridized carbons (Fsp3) is 0.792. The van der Waals surface area contributed by atoms with E-state index in [9.17, 15) is 32.8 Å². The highest BCUT2D eigenvalue weighted by molar-refractivity contribution is 6.32. The topological polar surface area (TPSA) is 151 Å². The van der Waals surface area contributed by atoms with Gasteiger partial charge in [-0.15, -0.1) is 0 Å². The predicted molar refractivity (Wildman–Crippen MR) is 130 cm³/mol. The van der Waals surface area contributed by atoms with Crippen LogP contribution in [0.5, 0.6) is 0 Å². The third-order valence-electron chi connectivity index (χ3n) is 7.99. The second-order valence-corrected chi connectivity index (χ2v) is 12.5. The van der Waals surface area contributed by atoms with Gasteiger partial charge in [-0.3, -0.25) is 24.0 Å². The Morgan fingerprint density at radius 3 is 2.35 bits per heavy atom. The number of hydrogen-bond acceptors (Lipinski definition) is 5. The first kappa shape index (κ1) is 29.1. The predicted octanol–water partition coefficient (Wildman–Crippen LogP) is 0.718. The van der Waals surface area contributed by atoms with E-state index in [4.69, 9.17) is 17.3 Å². The number of nitrogens with one attached hydrogen (secondary N) is 3. The average molecular weight is 548 g/mol. The van der Waals surface area contributed by atoms with Crippen LogP contribution in [0, 0.1) is 28.6 Å². The molecule has 5 amide bonds. The largest absolute Gasteiger partial charge is 0.399 e. The van der Waals surface area contributed by atoms with Crippen LogP contribution < -0.4 is 21.7 Å². The summed E-state index contributed by atoms with van der Waals surface area (Å²) in [5.41, 5.74) is 4.29. The molecular formula is C24H36ClF2N5O5. The van der Waals surface area contributed by atoms with E-state index < -0.39 is 58.5 Å². The molecule has 0 aromatic heterocycles. The molecule has 0 radical (unpaired) electrons. The molecule has 3 aliphatic rings. The fourth-order valence-corrected chi connectivity index (χ4v) is 5.74.